The van der Waals surface area contributed by atoms with Crippen LogP contribution in [0.5, 0.6) is 0 Å². The number of nitrogens with two attached hydrogens (primary N) is 1. The third-order valence-electron chi connectivity index (χ3n) is 1.21. The zero-order chi connectivity index (χ0) is 8.97. The first-order valence-corrected chi connectivity index (χ1v) is 3.51. The number of nitrogens with zero attached hydrogens (tertiary/aromatic N) is 2. The first-order valence-electron chi connectivity index (χ1n) is 3.51. The second kappa shape index (κ2) is 3.70. The Hall–Kier alpha value is -1.59. The van der Waals surface area contributed by atoms with Crippen molar-refractivity contribution in [2.45, 2.75) is 13.3 Å². The smallest absolute Gasteiger partial charge is 0.312 e. The predicted molar refractivity (Wildman–Crippen MR) is 40.3 cm³/mol. The first-order chi connectivity index (χ1) is 5.68. The van der Waals surface area contributed by atoms with Gasteiger partial charge in [-0.05, 0) is 6.92 Å². The minimum absolute atomic E-state index is 0.414. The Kier molecular flexibility index (Phi) is 2.62. The summed E-state index contributed by atoms with van der Waals surface area (Å²) in [6.07, 6.45) is 0.504. The van der Waals surface area contributed by atoms with E-state index in [0.29, 0.717) is 24.7 Å². The van der Waals surface area contributed by atoms with Gasteiger partial charge in [0.1, 0.15) is 0 Å². The monoisotopic (exact) mass is 170 g/mol. The lowest BCUT2D eigenvalue weighted by Gasteiger charge is -1.95. The number of rotatable bonds is 3. The van der Waals surface area contributed by atoms with Crippen molar-refractivity contribution in [1.29, 1.82) is 0 Å². The van der Waals surface area contributed by atoms with Crippen LogP contribution in [-0.4, -0.2) is 22.7 Å². The van der Waals surface area contributed by atoms with E-state index in [1.807, 2.05) is 0 Å². The van der Waals surface area contributed by atoms with E-state index >= 15 is 0 Å². The van der Waals surface area contributed by atoms with E-state index in [4.69, 9.17) is 10.3 Å². The van der Waals surface area contributed by atoms with Gasteiger partial charge in [0.05, 0.1) is 0 Å². The number of amides is 2. The maximum atomic E-state index is 10.2. The molecule has 3 N–H and O–H groups in total. The molecule has 0 aliphatic heterocycles. The fraction of sp³-hybridized carbons (Fsp3) is 0.500. The summed E-state index contributed by atoms with van der Waals surface area (Å²) in [6, 6.07) is -0.550. The molecule has 0 aromatic carbocycles. The van der Waals surface area contributed by atoms with Crippen molar-refractivity contribution in [3.05, 3.63) is 11.7 Å². The number of primary amides is 1. The molecule has 0 aliphatic carbocycles. The molecule has 0 saturated carbocycles. The molecule has 0 radical (unpaired) electrons. The predicted octanol–water partition coefficient (Wildman–Crippen LogP) is -0.411. The van der Waals surface area contributed by atoms with Crippen LogP contribution >= 0.6 is 0 Å². The second-order valence-corrected chi connectivity index (χ2v) is 2.28. The first kappa shape index (κ1) is 8.51. The molecule has 0 spiro atoms. The Morgan fingerprint density at radius 2 is 2.50 bits per heavy atom. The van der Waals surface area contributed by atoms with Gasteiger partial charge in [0.25, 0.3) is 0 Å². The van der Waals surface area contributed by atoms with Gasteiger partial charge in [0.15, 0.2) is 5.82 Å². The molecule has 0 aliphatic rings. The summed E-state index contributed by atoms with van der Waals surface area (Å²) in [4.78, 5) is 14.2. The molecule has 0 atom stereocenters. The highest BCUT2D eigenvalue weighted by atomic mass is 16.5. The van der Waals surface area contributed by atoms with Crippen LogP contribution in [0.15, 0.2) is 4.52 Å². The zero-order valence-electron chi connectivity index (χ0n) is 6.70. The fourth-order valence-electron chi connectivity index (χ4n) is 0.734. The molecule has 1 aromatic rings. The van der Waals surface area contributed by atoms with Gasteiger partial charge in [-0.25, -0.2) is 4.79 Å². The van der Waals surface area contributed by atoms with E-state index < -0.39 is 6.03 Å². The molecule has 0 fully saturated rings. The molecule has 6 nitrogen and oxygen atoms in total. The molecule has 12 heavy (non-hydrogen) atoms. The van der Waals surface area contributed by atoms with Crippen LogP contribution in [0, 0.1) is 6.92 Å². The standard InChI is InChI=1S/C6H10N4O2/c1-4-9-5(12-10-4)2-3-8-6(7)11/h2-3H2,1H3,(H3,7,8,11). The van der Waals surface area contributed by atoms with Crippen LogP contribution in [0.25, 0.3) is 0 Å². The third-order valence-corrected chi connectivity index (χ3v) is 1.21. The Morgan fingerprint density at radius 3 is 3.00 bits per heavy atom. The number of nitrogens with one attached hydrogen (secondary N) is 1. The molecule has 0 saturated heterocycles. The Labute approximate surface area is 69.1 Å². The van der Waals surface area contributed by atoms with Crippen LogP contribution < -0.4 is 11.1 Å². The highest BCUT2D eigenvalue weighted by molar-refractivity contribution is 5.71. The van der Waals surface area contributed by atoms with Gasteiger partial charge in [0, 0.05) is 13.0 Å². The van der Waals surface area contributed by atoms with E-state index in [1.54, 1.807) is 6.92 Å². The molecule has 0 bridgehead atoms. The molecule has 1 heterocycles. The lowest BCUT2D eigenvalue weighted by molar-refractivity contribution is 0.248. The molecule has 2 amide bonds. The topological polar surface area (TPSA) is 94.0 Å². The molecular formula is C6H10N4O2. The Morgan fingerprint density at radius 1 is 1.75 bits per heavy atom. The van der Waals surface area contributed by atoms with Crippen molar-refractivity contribution in [1.82, 2.24) is 15.5 Å². The summed E-state index contributed by atoms with van der Waals surface area (Å²) in [5.41, 5.74) is 4.85. The average Bonchev–Trinajstić information content (AvgIpc) is 2.35. The number of carbonyl (C=O) groups excluding carboxylic acids is 1. The number of carbonyl (C=O) groups is 1. The largest absolute Gasteiger partial charge is 0.352 e. The van der Waals surface area contributed by atoms with Crippen molar-refractivity contribution < 1.29 is 9.32 Å². The second-order valence-electron chi connectivity index (χ2n) is 2.28. The van der Waals surface area contributed by atoms with E-state index in [-0.39, 0.29) is 0 Å². The summed E-state index contributed by atoms with van der Waals surface area (Å²) in [5.74, 6) is 1.09. The van der Waals surface area contributed by atoms with Crippen molar-refractivity contribution >= 4 is 6.03 Å². The van der Waals surface area contributed by atoms with E-state index in [0.717, 1.165) is 0 Å². The SMILES string of the molecule is Cc1noc(CCNC(N)=O)n1. The van der Waals surface area contributed by atoms with Crippen LogP contribution in [0.2, 0.25) is 0 Å². The van der Waals surface area contributed by atoms with Gasteiger partial charge in [-0.1, -0.05) is 5.16 Å². The number of aromatic nitrogens is 2. The average molecular weight is 170 g/mol. The van der Waals surface area contributed by atoms with Gasteiger partial charge in [0.2, 0.25) is 5.89 Å². The number of urea groups is 1. The summed E-state index contributed by atoms with van der Waals surface area (Å²) in [7, 11) is 0. The van der Waals surface area contributed by atoms with Gasteiger partial charge < -0.3 is 15.6 Å². The van der Waals surface area contributed by atoms with Gasteiger partial charge in [-0.15, -0.1) is 0 Å². The van der Waals surface area contributed by atoms with Crippen molar-refractivity contribution in [3.8, 4) is 0 Å². The van der Waals surface area contributed by atoms with Crippen LogP contribution in [0.4, 0.5) is 4.79 Å². The minimum atomic E-state index is -0.550. The van der Waals surface area contributed by atoms with Crippen LogP contribution in [0.3, 0.4) is 0 Å². The minimum Gasteiger partial charge on any atom is -0.352 e. The zero-order valence-corrected chi connectivity index (χ0v) is 6.70. The third kappa shape index (κ3) is 2.57. The fourth-order valence-corrected chi connectivity index (χ4v) is 0.734. The molecule has 0 unspecified atom stereocenters. The number of aryl methyl sites for hydroxylation is 1. The summed E-state index contributed by atoms with van der Waals surface area (Å²) in [6.45, 7) is 2.14. The maximum Gasteiger partial charge on any atom is 0.312 e. The Balaban J connectivity index is 2.29. The van der Waals surface area contributed by atoms with Crippen molar-refractivity contribution in [3.63, 3.8) is 0 Å². The number of hydrogen-bond acceptors (Lipinski definition) is 4. The van der Waals surface area contributed by atoms with Gasteiger partial charge in [-0.3, -0.25) is 0 Å². The molecule has 1 aromatic heterocycles. The highest BCUT2D eigenvalue weighted by Crippen LogP contribution is 1.94. The maximum absolute atomic E-state index is 10.2. The summed E-state index contributed by atoms with van der Waals surface area (Å²) in [5, 5.41) is 6.00. The lowest BCUT2D eigenvalue weighted by Crippen LogP contribution is -2.30. The van der Waals surface area contributed by atoms with E-state index in [2.05, 4.69) is 15.5 Å². The summed E-state index contributed by atoms with van der Waals surface area (Å²) >= 11 is 0. The van der Waals surface area contributed by atoms with E-state index in [9.17, 15) is 4.79 Å². The van der Waals surface area contributed by atoms with Crippen LogP contribution in [-0.2, 0) is 6.42 Å². The molecule has 1 rings (SSSR count). The summed E-state index contributed by atoms with van der Waals surface area (Å²) < 4.78 is 4.79. The van der Waals surface area contributed by atoms with Crippen LogP contribution in [0.1, 0.15) is 11.7 Å². The Bertz CT molecular complexity index is 270. The quantitative estimate of drug-likeness (QED) is 0.644. The van der Waals surface area contributed by atoms with E-state index in [1.165, 1.54) is 0 Å². The molecule has 66 valence electrons. The molecular weight excluding hydrogens is 160 g/mol. The number of hydrogen-bond donors (Lipinski definition) is 2. The normalized spacial score (nSPS) is 9.75. The van der Waals surface area contributed by atoms with Crippen molar-refractivity contribution in [2.24, 2.45) is 5.73 Å². The highest BCUT2D eigenvalue weighted by Gasteiger charge is 2.01. The van der Waals surface area contributed by atoms with Gasteiger partial charge in [-0.2, -0.15) is 4.98 Å². The van der Waals surface area contributed by atoms with Crippen molar-refractivity contribution in [2.75, 3.05) is 6.54 Å². The van der Waals surface area contributed by atoms with Gasteiger partial charge >= 0.3 is 6.03 Å². The lowest BCUT2D eigenvalue weighted by atomic mass is 10.4. The molecule has 6 heteroatoms.